The van der Waals surface area contributed by atoms with Gasteiger partial charge in [-0.25, -0.2) is 0 Å². The zero-order chi connectivity index (χ0) is 13.1. The van der Waals surface area contributed by atoms with E-state index in [0.717, 1.165) is 19.5 Å². The molecule has 0 aromatic rings. The topological polar surface area (TPSA) is 41.1 Å². The second-order valence-electron chi connectivity index (χ2n) is 5.47. The minimum atomic E-state index is 0.234. The van der Waals surface area contributed by atoms with E-state index in [1.807, 2.05) is 0 Å². The van der Waals surface area contributed by atoms with Gasteiger partial charge in [0.1, 0.15) is 0 Å². The van der Waals surface area contributed by atoms with E-state index in [1.165, 1.54) is 51.4 Å². The molecule has 0 radical (unpaired) electrons. The van der Waals surface area contributed by atoms with Gasteiger partial charge in [-0.05, 0) is 25.8 Å². The molecule has 2 N–H and O–H groups in total. The fraction of sp³-hybridized carbons (Fsp3) is 0.933. The van der Waals surface area contributed by atoms with Crippen LogP contribution in [0.4, 0.5) is 0 Å². The van der Waals surface area contributed by atoms with Crippen molar-refractivity contribution in [2.75, 3.05) is 13.1 Å². The number of hydrogen-bond donors (Lipinski definition) is 2. The number of carbonyl (C=O) groups excluding carboxylic acids is 1. The lowest BCUT2D eigenvalue weighted by atomic mass is 10.1. The maximum Gasteiger partial charge on any atom is 0.220 e. The average molecular weight is 254 g/mol. The molecule has 3 nitrogen and oxygen atoms in total. The molecule has 0 aromatic heterocycles. The van der Waals surface area contributed by atoms with Crippen LogP contribution in [0.1, 0.15) is 71.1 Å². The van der Waals surface area contributed by atoms with Crippen LogP contribution < -0.4 is 10.6 Å². The molecule has 1 saturated heterocycles. The third-order valence-electron chi connectivity index (χ3n) is 3.72. The van der Waals surface area contributed by atoms with Crippen molar-refractivity contribution in [2.45, 2.75) is 77.2 Å². The van der Waals surface area contributed by atoms with Gasteiger partial charge in [0.15, 0.2) is 0 Å². The number of rotatable bonds is 10. The standard InChI is InChI=1S/C15H30N2O/c1-2-3-4-5-6-7-8-11-15(18)17-13-14-10-9-12-16-14/h14,16H,2-13H2,1H3,(H,17,18). The number of carbonyl (C=O) groups is 1. The Labute approximate surface area is 112 Å². The first-order valence-electron chi connectivity index (χ1n) is 7.83. The Morgan fingerprint density at radius 3 is 2.56 bits per heavy atom. The summed E-state index contributed by atoms with van der Waals surface area (Å²) < 4.78 is 0. The first-order chi connectivity index (χ1) is 8.83. The lowest BCUT2D eigenvalue weighted by Gasteiger charge is -2.11. The molecule has 1 aliphatic heterocycles. The molecule has 0 aromatic carbocycles. The smallest absolute Gasteiger partial charge is 0.220 e. The highest BCUT2D eigenvalue weighted by atomic mass is 16.1. The van der Waals surface area contributed by atoms with Gasteiger partial charge in [0, 0.05) is 19.0 Å². The van der Waals surface area contributed by atoms with Crippen LogP contribution in [0.3, 0.4) is 0 Å². The van der Waals surface area contributed by atoms with Crippen LogP contribution in [0.2, 0.25) is 0 Å². The molecule has 1 rings (SSSR count). The maximum atomic E-state index is 11.6. The van der Waals surface area contributed by atoms with Gasteiger partial charge in [-0.15, -0.1) is 0 Å². The van der Waals surface area contributed by atoms with Crippen LogP contribution in [-0.4, -0.2) is 25.0 Å². The summed E-state index contributed by atoms with van der Waals surface area (Å²) in [5.41, 5.74) is 0. The molecule has 3 heteroatoms. The maximum absolute atomic E-state index is 11.6. The van der Waals surface area contributed by atoms with E-state index in [1.54, 1.807) is 0 Å². The molecule has 1 unspecified atom stereocenters. The van der Waals surface area contributed by atoms with Crippen LogP contribution in [0.15, 0.2) is 0 Å². The van der Waals surface area contributed by atoms with E-state index in [-0.39, 0.29) is 5.91 Å². The fourth-order valence-corrected chi connectivity index (χ4v) is 2.50. The SMILES string of the molecule is CCCCCCCCCC(=O)NCC1CCCN1. The Morgan fingerprint density at radius 2 is 1.89 bits per heavy atom. The van der Waals surface area contributed by atoms with E-state index >= 15 is 0 Å². The molecule has 1 heterocycles. The molecule has 1 amide bonds. The molecular weight excluding hydrogens is 224 g/mol. The lowest BCUT2D eigenvalue weighted by Crippen LogP contribution is -2.37. The summed E-state index contributed by atoms with van der Waals surface area (Å²) in [5.74, 6) is 0.234. The highest BCUT2D eigenvalue weighted by Crippen LogP contribution is 2.08. The van der Waals surface area contributed by atoms with Gasteiger partial charge in [-0.3, -0.25) is 4.79 Å². The third-order valence-corrected chi connectivity index (χ3v) is 3.72. The Kier molecular flexibility index (Phi) is 8.92. The minimum absolute atomic E-state index is 0.234. The van der Waals surface area contributed by atoms with Crippen molar-refractivity contribution in [3.05, 3.63) is 0 Å². The highest BCUT2D eigenvalue weighted by molar-refractivity contribution is 5.75. The summed E-state index contributed by atoms with van der Waals surface area (Å²) in [6, 6.07) is 0.517. The molecular formula is C15H30N2O. The fourth-order valence-electron chi connectivity index (χ4n) is 2.50. The second kappa shape index (κ2) is 10.4. The van der Waals surface area contributed by atoms with Gasteiger partial charge >= 0.3 is 0 Å². The molecule has 1 fully saturated rings. The van der Waals surface area contributed by atoms with E-state index in [0.29, 0.717) is 12.5 Å². The number of nitrogens with one attached hydrogen (secondary N) is 2. The van der Waals surface area contributed by atoms with E-state index in [2.05, 4.69) is 17.6 Å². The molecule has 0 saturated carbocycles. The van der Waals surface area contributed by atoms with Crippen molar-refractivity contribution < 1.29 is 4.79 Å². The number of amides is 1. The largest absolute Gasteiger partial charge is 0.355 e. The van der Waals surface area contributed by atoms with Crippen molar-refractivity contribution in [3.8, 4) is 0 Å². The van der Waals surface area contributed by atoms with Crippen molar-refractivity contribution in [3.63, 3.8) is 0 Å². The van der Waals surface area contributed by atoms with Crippen molar-refractivity contribution in [1.29, 1.82) is 0 Å². The van der Waals surface area contributed by atoms with Gasteiger partial charge in [-0.1, -0.05) is 45.4 Å². The van der Waals surface area contributed by atoms with E-state index < -0.39 is 0 Å². The van der Waals surface area contributed by atoms with Crippen molar-refractivity contribution in [2.24, 2.45) is 0 Å². The zero-order valence-electron chi connectivity index (χ0n) is 12.0. The molecule has 0 aliphatic carbocycles. The van der Waals surface area contributed by atoms with Crippen LogP contribution in [-0.2, 0) is 4.79 Å². The van der Waals surface area contributed by atoms with Crippen LogP contribution in [0.25, 0.3) is 0 Å². The Hall–Kier alpha value is -0.570. The first-order valence-corrected chi connectivity index (χ1v) is 7.83. The Bertz CT molecular complexity index is 213. The van der Waals surface area contributed by atoms with Crippen LogP contribution >= 0.6 is 0 Å². The van der Waals surface area contributed by atoms with E-state index in [4.69, 9.17) is 0 Å². The van der Waals surface area contributed by atoms with Crippen LogP contribution in [0, 0.1) is 0 Å². The zero-order valence-corrected chi connectivity index (χ0v) is 12.0. The summed E-state index contributed by atoms with van der Waals surface area (Å²) in [7, 11) is 0. The molecule has 0 bridgehead atoms. The summed E-state index contributed by atoms with van der Waals surface area (Å²) in [6.07, 6.45) is 12.1. The number of hydrogen-bond acceptors (Lipinski definition) is 2. The highest BCUT2D eigenvalue weighted by Gasteiger charge is 2.14. The third kappa shape index (κ3) is 7.70. The molecule has 0 spiro atoms. The Balaban J connectivity index is 1.84. The van der Waals surface area contributed by atoms with Gasteiger partial charge in [0.05, 0.1) is 0 Å². The second-order valence-corrected chi connectivity index (χ2v) is 5.47. The molecule has 18 heavy (non-hydrogen) atoms. The molecule has 1 atom stereocenters. The summed E-state index contributed by atoms with van der Waals surface area (Å²) in [5, 5.41) is 6.43. The normalized spacial score (nSPS) is 19.1. The van der Waals surface area contributed by atoms with Crippen LogP contribution in [0.5, 0.6) is 0 Å². The predicted molar refractivity (Wildman–Crippen MR) is 76.6 cm³/mol. The first kappa shape index (κ1) is 15.5. The van der Waals surface area contributed by atoms with Crippen molar-refractivity contribution >= 4 is 5.91 Å². The van der Waals surface area contributed by atoms with Gasteiger partial charge in [-0.2, -0.15) is 0 Å². The summed E-state index contributed by atoms with van der Waals surface area (Å²) in [6.45, 7) is 4.16. The predicted octanol–water partition coefficient (Wildman–Crippen LogP) is 3.00. The minimum Gasteiger partial charge on any atom is -0.355 e. The molecule has 1 aliphatic rings. The van der Waals surface area contributed by atoms with Gasteiger partial charge in [0.2, 0.25) is 5.91 Å². The van der Waals surface area contributed by atoms with Crippen molar-refractivity contribution in [1.82, 2.24) is 10.6 Å². The molecule has 106 valence electrons. The monoisotopic (exact) mass is 254 g/mol. The van der Waals surface area contributed by atoms with E-state index in [9.17, 15) is 4.79 Å². The lowest BCUT2D eigenvalue weighted by molar-refractivity contribution is -0.121. The van der Waals surface area contributed by atoms with Gasteiger partial charge in [0.25, 0.3) is 0 Å². The van der Waals surface area contributed by atoms with Gasteiger partial charge < -0.3 is 10.6 Å². The Morgan fingerprint density at radius 1 is 1.17 bits per heavy atom. The summed E-state index contributed by atoms with van der Waals surface area (Å²) in [4.78, 5) is 11.6. The average Bonchev–Trinajstić information content (AvgIpc) is 2.88. The summed E-state index contributed by atoms with van der Waals surface area (Å²) >= 11 is 0. The number of unbranched alkanes of at least 4 members (excludes halogenated alkanes) is 6. The quantitative estimate of drug-likeness (QED) is 0.588.